The Bertz CT molecular complexity index is 990. The van der Waals surface area contributed by atoms with Gasteiger partial charge in [0.05, 0.1) is 25.4 Å². The monoisotopic (exact) mass is 784 g/mol. The van der Waals surface area contributed by atoms with E-state index < -0.39 is 78.5 Å². The zero-order chi connectivity index (χ0) is 39.3. The molecular weight excluding hydrogens is 706 g/mol. The number of carbonyl (C=O) groups excluding carboxylic acids is 1. The Labute approximate surface area is 320 Å². The number of hydrogen-bond donors (Lipinski definition) is 7. The van der Waals surface area contributed by atoms with Crippen molar-refractivity contribution < 1.29 is 57.0 Å². The van der Waals surface area contributed by atoms with Crippen LogP contribution in [0.3, 0.4) is 0 Å². The Morgan fingerprint density at radius 2 is 1.09 bits per heavy atom. The summed E-state index contributed by atoms with van der Waals surface area (Å²) < 4.78 is 47.3. The average molecular weight is 784 g/mol. The fraction of sp³-hybridized carbons (Fsp3) is 0.974. The molecule has 316 valence electrons. The SMILES string of the molecule is CCCCCCCCCCCCCCCCCCCC(O)C(=O)NC(COC1OC(CO)C(O)C(OS(=O)(=O)O)C1O)C(O)CCCCCCCCC. The maximum absolute atomic E-state index is 13.0. The van der Waals surface area contributed by atoms with Crippen LogP contribution in [0, 0.1) is 0 Å². The fourth-order valence-electron chi connectivity index (χ4n) is 6.88. The van der Waals surface area contributed by atoms with Gasteiger partial charge in [0.15, 0.2) is 6.29 Å². The largest absolute Gasteiger partial charge is 0.397 e. The van der Waals surface area contributed by atoms with Crippen LogP contribution in [0.2, 0.25) is 0 Å². The topological polar surface area (TPSA) is 212 Å². The van der Waals surface area contributed by atoms with Gasteiger partial charge in [-0.25, -0.2) is 4.18 Å². The summed E-state index contributed by atoms with van der Waals surface area (Å²) in [5.41, 5.74) is 0. The molecule has 0 aromatic rings. The lowest BCUT2D eigenvalue weighted by Crippen LogP contribution is -2.61. The van der Waals surface area contributed by atoms with Crippen LogP contribution in [0.5, 0.6) is 0 Å². The number of aliphatic hydroxyl groups is 5. The summed E-state index contributed by atoms with van der Waals surface area (Å²) in [5, 5.41) is 54.9. The molecule has 8 unspecified atom stereocenters. The minimum Gasteiger partial charge on any atom is -0.394 e. The second kappa shape index (κ2) is 31.2. The number of ether oxygens (including phenoxy) is 2. The fourth-order valence-corrected chi connectivity index (χ4v) is 7.39. The number of nitrogens with one attached hydrogen (secondary N) is 1. The van der Waals surface area contributed by atoms with Crippen LogP contribution in [0.1, 0.15) is 181 Å². The molecule has 7 N–H and O–H groups in total. The summed E-state index contributed by atoms with van der Waals surface area (Å²) in [7, 11) is -5.10. The molecule has 0 aromatic heterocycles. The molecule has 1 amide bonds. The first-order valence-electron chi connectivity index (χ1n) is 21.0. The number of hydrogen-bond acceptors (Lipinski definition) is 11. The van der Waals surface area contributed by atoms with Crippen LogP contribution in [-0.2, 0) is 28.9 Å². The van der Waals surface area contributed by atoms with Gasteiger partial charge >= 0.3 is 10.4 Å². The van der Waals surface area contributed by atoms with Crippen molar-refractivity contribution in [2.75, 3.05) is 13.2 Å². The van der Waals surface area contributed by atoms with E-state index in [1.165, 1.54) is 89.9 Å². The predicted molar refractivity (Wildman–Crippen MR) is 205 cm³/mol. The summed E-state index contributed by atoms with van der Waals surface area (Å²) in [4.78, 5) is 13.0. The van der Waals surface area contributed by atoms with Crippen molar-refractivity contribution in [2.24, 2.45) is 0 Å². The third kappa shape index (κ3) is 24.3. The van der Waals surface area contributed by atoms with Gasteiger partial charge in [-0.1, -0.05) is 168 Å². The lowest BCUT2D eigenvalue weighted by Gasteiger charge is -2.41. The summed E-state index contributed by atoms with van der Waals surface area (Å²) >= 11 is 0. The third-order valence-corrected chi connectivity index (χ3v) is 10.7. The van der Waals surface area contributed by atoms with Gasteiger partial charge in [0.2, 0.25) is 5.91 Å². The first kappa shape index (κ1) is 50.1. The molecule has 13 nitrogen and oxygen atoms in total. The average Bonchev–Trinajstić information content (AvgIpc) is 3.12. The van der Waals surface area contributed by atoms with Crippen LogP contribution in [-0.4, -0.2) is 107 Å². The molecule has 1 fully saturated rings. The minimum absolute atomic E-state index is 0.265. The third-order valence-electron chi connectivity index (χ3n) is 10.3. The second-order valence-corrected chi connectivity index (χ2v) is 16.1. The Balaban J connectivity index is 2.51. The first-order chi connectivity index (χ1) is 25.4. The first-order valence-corrected chi connectivity index (χ1v) is 22.4. The quantitative estimate of drug-likeness (QED) is 0.0291. The molecule has 1 heterocycles. The van der Waals surface area contributed by atoms with Crippen LogP contribution in [0.25, 0.3) is 0 Å². The summed E-state index contributed by atoms with van der Waals surface area (Å²) in [6.07, 6.45) is 17.6. The number of aliphatic hydroxyl groups excluding tert-OH is 5. The highest BCUT2D eigenvalue weighted by Gasteiger charge is 2.48. The van der Waals surface area contributed by atoms with Crippen molar-refractivity contribution in [3.63, 3.8) is 0 Å². The van der Waals surface area contributed by atoms with E-state index in [0.717, 1.165) is 51.4 Å². The summed E-state index contributed by atoms with van der Waals surface area (Å²) in [6, 6.07) is -1.02. The van der Waals surface area contributed by atoms with Gasteiger partial charge in [0.1, 0.15) is 30.5 Å². The number of amides is 1. The van der Waals surface area contributed by atoms with Crippen molar-refractivity contribution in [2.45, 2.75) is 230 Å². The Morgan fingerprint density at radius 1 is 0.679 bits per heavy atom. The van der Waals surface area contributed by atoms with Gasteiger partial charge in [0, 0.05) is 0 Å². The maximum atomic E-state index is 13.0. The molecule has 0 radical (unpaired) electrons. The Hall–Kier alpha value is -0.940. The van der Waals surface area contributed by atoms with Crippen molar-refractivity contribution in [3.8, 4) is 0 Å². The molecule has 1 saturated heterocycles. The van der Waals surface area contributed by atoms with Gasteiger partial charge < -0.3 is 40.3 Å². The standard InChI is InChI=1S/C39H77NO12S/c1-3-5-7-9-11-12-13-14-15-16-17-18-19-20-22-24-26-28-33(43)38(46)40-31(32(42)27-25-23-21-10-8-6-4-2)30-50-39-36(45)37(52-53(47,48)49)35(44)34(29-41)51-39/h31-37,39,41-45H,3-30H2,1-2H3,(H,40,46)(H,47,48,49). The van der Waals surface area contributed by atoms with E-state index in [9.17, 15) is 38.7 Å². The summed E-state index contributed by atoms with van der Waals surface area (Å²) in [5.74, 6) is -0.671. The number of carbonyl (C=O) groups is 1. The lowest BCUT2D eigenvalue weighted by molar-refractivity contribution is -0.298. The van der Waals surface area contributed by atoms with Gasteiger partial charge in [-0.05, 0) is 12.8 Å². The molecule has 8 atom stereocenters. The van der Waals surface area contributed by atoms with E-state index in [1.54, 1.807) is 0 Å². The van der Waals surface area contributed by atoms with Crippen molar-refractivity contribution in [1.82, 2.24) is 5.32 Å². The zero-order valence-corrected chi connectivity index (χ0v) is 33.8. The van der Waals surface area contributed by atoms with Crippen molar-refractivity contribution in [1.29, 1.82) is 0 Å². The highest BCUT2D eigenvalue weighted by Crippen LogP contribution is 2.26. The zero-order valence-electron chi connectivity index (χ0n) is 33.0. The highest BCUT2D eigenvalue weighted by molar-refractivity contribution is 7.80. The highest BCUT2D eigenvalue weighted by atomic mass is 32.3. The molecule has 1 aliphatic rings. The molecular formula is C39H77NO12S. The van der Waals surface area contributed by atoms with Crippen LogP contribution in [0.15, 0.2) is 0 Å². The molecule has 1 aliphatic heterocycles. The molecule has 0 bridgehead atoms. The van der Waals surface area contributed by atoms with Crippen LogP contribution < -0.4 is 5.32 Å². The molecule has 0 spiro atoms. The summed E-state index contributed by atoms with van der Waals surface area (Å²) in [6.45, 7) is 3.20. The molecule has 0 saturated carbocycles. The normalized spacial score (nSPS) is 22.5. The maximum Gasteiger partial charge on any atom is 0.397 e. The lowest BCUT2D eigenvalue weighted by atomic mass is 9.99. The van der Waals surface area contributed by atoms with E-state index >= 15 is 0 Å². The molecule has 14 heteroatoms. The smallest absolute Gasteiger partial charge is 0.394 e. The van der Waals surface area contributed by atoms with E-state index in [-0.39, 0.29) is 6.42 Å². The Kier molecular flexibility index (Phi) is 29.5. The van der Waals surface area contributed by atoms with Crippen molar-refractivity contribution in [3.05, 3.63) is 0 Å². The van der Waals surface area contributed by atoms with E-state index in [4.69, 9.17) is 14.0 Å². The van der Waals surface area contributed by atoms with Crippen LogP contribution >= 0.6 is 0 Å². The molecule has 53 heavy (non-hydrogen) atoms. The second-order valence-electron chi connectivity index (χ2n) is 15.1. The van der Waals surface area contributed by atoms with E-state index in [1.807, 2.05) is 0 Å². The van der Waals surface area contributed by atoms with E-state index in [0.29, 0.717) is 19.3 Å². The van der Waals surface area contributed by atoms with Crippen LogP contribution in [0.4, 0.5) is 0 Å². The Morgan fingerprint density at radius 3 is 1.51 bits per heavy atom. The minimum atomic E-state index is -5.10. The van der Waals surface area contributed by atoms with Crippen molar-refractivity contribution >= 4 is 16.3 Å². The van der Waals surface area contributed by atoms with E-state index in [2.05, 4.69) is 23.3 Å². The molecule has 1 rings (SSSR count). The number of rotatable bonds is 35. The molecule has 0 aromatic carbocycles. The number of unbranched alkanes of at least 4 members (excludes halogenated alkanes) is 22. The van der Waals surface area contributed by atoms with Gasteiger partial charge in [0.25, 0.3) is 0 Å². The van der Waals surface area contributed by atoms with Gasteiger partial charge in [-0.2, -0.15) is 8.42 Å². The molecule has 0 aliphatic carbocycles. The van der Waals surface area contributed by atoms with Gasteiger partial charge in [-0.15, -0.1) is 0 Å². The predicted octanol–water partition coefficient (Wildman–Crippen LogP) is 6.02. The van der Waals surface area contributed by atoms with Gasteiger partial charge in [-0.3, -0.25) is 9.35 Å².